The first-order valence-corrected chi connectivity index (χ1v) is 6.92. The Morgan fingerprint density at radius 3 is 2.75 bits per heavy atom. The summed E-state index contributed by atoms with van der Waals surface area (Å²) in [6.07, 6.45) is 6.36. The van der Waals surface area contributed by atoms with Gasteiger partial charge in [-0.1, -0.05) is 24.3 Å². The molecule has 2 aliphatic rings. The van der Waals surface area contributed by atoms with E-state index >= 15 is 0 Å². The molecular formula is C16H17NO3. The molecule has 4 nitrogen and oxygen atoms in total. The maximum Gasteiger partial charge on any atom is 0.307 e. The predicted molar refractivity (Wildman–Crippen MR) is 75.3 cm³/mol. The third-order valence-electron chi connectivity index (χ3n) is 4.17. The number of allylic oxidation sites excluding steroid dienone is 2. The van der Waals surface area contributed by atoms with E-state index in [2.05, 4.69) is 17.5 Å². The average molecular weight is 271 g/mol. The normalized spacial score (nSPS) is 26.7. The van der Waals surface area contributed by atoms with Crippen LogP contribution in [0.15, 0.2) is 36.4 Å². The number of amides is 1. The van der Waals surface area contributed by atoms with Crippen LogP contribution in [0.5, 0.6) is 0 Å². The Labute approximate surface area is 117 Å². The second-order valence-electron chi connectivity index (χ2n) is 5.65. The minimum absolute atomic E-state index is 0.0272. The summed E-state index contributed by atoms with van der Waals surface area (Å²) in [6, 6.07) is 7.06. The number of anilines is 1. The molecule has 0 radical (unpaired) electrons. The van der Waals surface area contributed by atoms with Gasteiger partial charge in [0.2, 0.25) is 5.91 Å². The van der Waals surface area contributed by atoms with Crippen LogP contribution in [0.25, 0.3) is 0 Å². The van der Waals surface area contributed by atoms with E-state index in [9.17, 15) is 9.59 Å². The molecule has 3 atom stereocenters. The summed E-state index contributed by atoms with van der Waals surface area (Å²) >= 11 is 0. The fraction of sp³-hybridized carbons (Fsp3) is 0.375. The van der Waals surface area contributed by atoms with Crippen molar-refractivity contribution in [2.24, 2.45) is 17.8 Å². The molecule has 1 aromatic rings. The van der Waals surface area contributed by atoms with E-state index in [1.54, 1.807) is 24.3 Å². The van der Waals surface area contributed by atoms with Crippen LogP contribution in [0.2, 0.25) is 0 Å². The van der Waals surface area contributed by atoms with Crippen molar-refractivity contribution in [1.82, 2.24) is 0 Å². The number of carboxylic acids is 1. The van der Waals surface area contributed by atoms with Gasteiger partial charge in [0.05, 0.1) is 6.42 Å². The molecule has 104 valence electrons. The van der Waals surface area contributed by atoms with Gasteiger partial charge in [0.15, 0.2) is 0 Å². The minimum Gasteiger partial charge on any atom is -0.481 e. The van der Waals surface area contributed by atoms with Crippen LogP contribution >= 0.6 is 0 Å². The smallest absolute Gasteiger partial charge is 0.307 e. The van der Waals surface area contributed by atoms with Gasteiger partial charge in [-0.2, -0.15) is 0 Å². The van der Waals surface area contributed by atoms with Crippen molar-refractivity contribution in [3.05, 3.63) is 42.0 Å². The van der Waals surface area contributed by atoms with Crippen LogP contribution in [-0.2, 0) is 16.0 Å². The molecule has 0 aliphatic heterocycles. The number of carbonyl (C=O) groups excluding carboxylic acids is 1. The minimum atomic E-state index is -0.869. The van der Waals surface area contributed by atoms with Crippen LogP contribution in [-0.4, -0.2) is 17.0 Å². The largest absolute Gasteiger partial charge is 0.481 e. The molecule has 0 spiro atoms. The second-order valence-corrected chi connectivity index (χ2v) is 5.65. The molecule has 1 fully saturated rings. The zero-order valence-electron chi connectivity index (χ0n) is 11.1. The highest BCUT2D eigenvalue weighted by molar-refractivity contribution is 5.93. The van der Waals surface area contributed by atoms with Crippen molar-refractivity contribution in [2.45, 2.75) is 19.3 Å². The molecule has 2 aliphatic carbocycles. The number of carboxylic acid groups (broad SMARTS) is 1. The topological polar surface area (TPSA) is 66.4 Å². The quantitative estimate of drug-likeness (QED) is 0.827. The average Bonchev–Trinajstić information content (AvgIpc) is 3.00. The lowest BCUT2D eigenvalue weighted by atomic mass is 9.93. The van der Waals surface area contributed by atoms with E-state index < -0.39 is 5.97 Å². The predicted octanol–water partition coefficient (Wildman–Crippen LogP) is 2.46. The molecule has 1 saturated carbocycles. The monoisotopic (exact) mass is 271 g/mol. The zero-order valence-corrected chi connectivity index (χ0v) is 11.1. The molecule has 3 rings (SSSR count). The summed E-state index contributed by atoms with van der Waals surface area (Å²) in [4.78, 5) is 23.0. The molecule has 2 N–H and O–H groups in total. The Kier molecular flexibility index (Phi) is 3.30. The molecule has 2 bridgehead atoms. The summed E-state index contributed by atoms with van der Waals surface area (Å²) in [6.45, 7) is 0. The second kappa shape index (κ2) is 5.12. The van der Waals surface area contributed by atoms with Crippen molar-refractivity contribution >= 4 is 17.6 Å². The van der Waals surface area contributed by atoms with Crippen LogP contribution in [0.3, 0.4) is 0 Å². The van der Waals surface area contributed by atoms with Crippen LogP contribution in [0.4, 0.5) is 5.69 Å². The first-order chi connectivity index (χ1) is 9.61. The number of hydrogen-bond acceptors (Lipinski definition) is 2. The number of hydrogen-bond donors (Lipinski definition) is 2. The Balaban J connectivity index is 1.67. The summed E-state index contributed by atoms with van der Waals surface area (Å²) in [5.74, 6) is 0.186. The summed E-state index contributed by atoms with van der Waals surface area (Å²) in [7, 11) is 0. The SMILES string of the molecule is O=C(O)Cc1cccc(NC(=O)C2CC3C=CC2C3)c1. The molecule has 4 heteroatoms. The van der Waals surface area contributed by atoms with Crippen LogP contribution in [0.1, 0.15) is 18.4 Å². The molecule has 1 amide bonds. The maximum atomic E-state index is 12.3. The summed E-state index contributed by atoms with van der Waals surface area (Å²) < 4.78 is 0. The van der Waals surface area contributed by atoms with E-state index in [1.807, 2.05) is 0 Å². The fourth-order valence-corrected chi connectivity index (χ4v) is 3.25. The molecular weight excluding hydrogens is 254 g/mol. The molecule has 1 aromatic carbocycles. The lowest BCUT2D eigenvalue weighted by Crippen LogP contribution is -2.25. The molecule has 0 aromatic heterocycles. The molecule has 20 heavy (non-hydrogen) atoms. The van der Waals surface area contributed by atoms with Crippen molar-refractivity contribution in [1.29, 1.82) is 0 Å². The number of nitrogens with one attached hydrogen (secondary N) is 1. The zero-order chi connectivity index (χ0) is 14.1. The van der Waals surface area contributed by atoms with Crippen molar-refractivity contribution in [3.8, 4) is 0 Å². The number of aliphatic carboxylic acids is 1. The third kappa shape index (κ3) is 2.59. The lowest BCUT2D eigenvalue weighted by Gasteiger charge is -2.17. The Morgan fingerprint density at radius 2 is 2.10 bits per heavy atom. The van der Waals surface area contributed by atoms with E-state index in [0.717, 1.165) is 12.8 Å². The Hall–Kier alpha value is -2.10. The first-order valence-electron chi connectivity index (χ1n) is 6.92. The number of fused-ring (bicyclic) bond motifs is 2. The van der Waals surface area contributed by atoms with E-state index in [0.29, 0.717) is 23.1 Å². The Morgan fingerprint density at radius 1 is 1.25 bits per heavy atom. The molecule has 0 heterocycles. The maximum absolute atomic E-state index is 12.3. The Bertz CT molecular complexity index is 579. The van der Waals surface area contributed by atoms with Gasteiger partial charge >= 0.3 is 5.97 Å². The van der Waals surface area contributed by atoms with Gasteiger partial charge in [-0.05, 0) is 42.4 Å². The highest BCUT2D eigenvalue weighted by atomic mass is 16.4. The van der Waals surface area contributed by atoms with Crippen LogP contribution in [0, 0.1) is 17.8 Å². The van der Waals surface area contributed by atoms with Crippen molar-refractivity contribution < 1.29 is 14.7 Å². The number of benzene rings is 1. The van der Waals surface area contributed by atoms with Gasteiger partial charge in [0.25, 0.3) is 0 Å². The third-order valence-corrected chi connectivity index (χ3v) is 4.17. The van der Waals surface area contributed by atoms with Crippen molar-refractivity contribution in [2.75, 3.05) is 5.32 Å². The first kappa shape index (κ1) is 12.9. The number of rotatable bonds is 4. The van der Waals surface area contributed by atoms with Gasteiger partial charge in [-0.15, -0.1) is 0 Å². The van der Waals surface area contributed by atoms with Gasteiger partial charge in [-0.25, -0.2) is 0 Å². The fourth-order valence-electron chi connectivity index (χ4n) is 3.25. The standard InChI is InChI=1S/C16H17NO3/c18-15(19)9-10-2-1-3-13(7-10)17-16(20)14-8-11-4-5-12(14)6-11/h1-5,7,11-12,14H,6,8-9H2,(H,17,20)(H,18,19). The highest BCUT2D eigenvalue weighted by Crippen LogP contribution is 2.43. The van der Waals surface area contributed by atoms with Gasteiger partial charge in [0, 0.05) is 11.6 Å². The summed E-state index contributed by atoms with van der Waals surface area (Å²) in [5, 5.41) is 11.7. The molecule has 0 saturated heterocycles. The van der Waals surface area contributed by atoms with E-state index in [1.165, 1.54) is 0 Å². The van der Waals surface area contributed by atoms with Gasteiger partial charge in [0.1, 0.15) is 0 Å². The lowest BCUT2D eigenvalue weighted by molar-refractivity contribution is -0.136. The van der Waals surface area contributed by atoms with Gasteiger partial charge < -0.3 is 10.4 Å². The highest BCUT2D eigenvalue weighted by Gasteiger charge is 2.39. The van der Waals surface area contributed by atoms with Crippen molar-refractivity contribution in [3.63, 3.8) is 0 Å². The molecule has 3 unspecified atom stereocenters. The summed E-state index contributed by atoms with van der Waals surface area (Å²) in [5.41, 5.74) is 1.38. The van der Waals surface area contributed by atoms with Crippen LogP contribution < -0.4 is 5.32 Å². The van der Waals surface area contributed by atoms with Gasteiger partial charge in [-0.3, -0.25) is 9.59 Å². The van der Waals surface area contributed by atoms with E-state index in [-0.39, 0.29) is 18.2 Å². The number of carbonyl (C=O) groups is 2. The van der Waals surface area contributed by atoms with E-state index in [4.69, 9.17) is 5.11 Å².